The predicted molar refractivity (Wildman–Crippen MR) is 113 cm³/mol. The van der Waals surface area contributed by atoms with E-state index in [0.717, 1.165) is 0 Å². The second-order valence-corrected chi connectivity index (χ2v) is 8.56. The first kappa shape index (κ1) is 20.8. The maximum absolute atomic E-state index is 13.8. The lowest BCUT2D eigenvalue weighted by atomic mass is 9.99. The van der Waals surface area contributed by atoms with E-state index in [4.69, 9.17) is 39.4 Å². The summed E-state index contributed by atoms with van der Waals surface area (Å²) in [6.45, 7) is -1.15. The summed E-state index contributed by atoms with van der Waals surface area (Å²) in [5.74, 6) is -4.93. The number of hydrogen-bond donors (Lipinski definition) is 4. The van der Waals surface area contributed by atoms with Crippen LogP contribution in [0.2, 0.25) is 10.0 Å². The van der Waals surface area contributed by atoms with Crippen LogP contribution in [0, 0.1) is 0 Å². The van der Waals surface area contributed by atoms with Crippen molar-refractivity contribution in [3.8, 4) is 5.75 Å². The summed E-state index contributed by atoms with van der Waals surface area (Å²) < 4.78 is 32.7. The van der Waals surface area contributed by atoms with Crippen LogP contribution in [-0.2, 0) is 0 Å². The molecule has 0 spiro atoms. The molecule has 2 aliphatic rings. The van der Waals surface area contributed by atoms with Crippen LogP contribution < -0.4 is 27.1 Å². The van der Waals surface area contributed by atoms with Crippen LogP contribution in [0.15, 0.2) is 17.0 Å². The summed E-state index contributed by atoms with van der Waals surface area (Å²) in [6, 6.07) is 2.63. The molecule has 6 N–H and O–H groups in total. The Balaban J connectivity index is 1.75. The molecule has 0 saturated carbocycles. The fraction of sp³-hybridized carbons (Fsp3) is 0.222. The number of alkyl halides is 2. The van der Waals surface area contributed by atoms with Crippen molar-refractivity contribution in [2.45, 2.75) is 17.2 Å². The number of ketones is 2. The molecule has 0 saturated heterocycles. The van der Waals surface area contributed by atoms with Crippen LogP contribution in [0.25, 0.3) is 0 Å². The number of anilines is 4. The maximum atomic E-state index is 13.8. The first-order chi connectivity index (χ1) is 14.1. The minimum Gasteiger partial charge on any atom is -0.484 e. The summed E-state index contributed by atoms with van der Waals surface area (Å²) in [4.78, 5) is 25.2. The van der Waals surface area contributed by atoms with Gasteiger partial charge in [0.2, 0.25) is 5.78 Å². The molecule has 4 rings (SSSR count). The zero-order valence-corrected chi connectivity index (χ0v) is 17.4. The third-order valence-electron chi connectivity index (χ3n) is 4.67. The van der Waals surface area contributed by atoms with Crippen molar-refractivity contribution in [3.63, 3.8) is 0 Å². The number of hydrazine groups is 1. The van der Waals surface area contributed by atoms with Crippen molar-refractivity contribution in [3.05, 3.63) is 33.3 Å². The highest BCUT2D eigenvalue weighted by Gasteiger charge is 2.47. The summed E-state index contributed by atoms with van der Waals surface area (Å²) >= 11 is 13.8. The van der Waals surface area contributed by atoms with Gasteiger partial charge < -0.3 is 16.2 Å². The highest BCUT2D eigenvalue weighted by molar-refractivity contribution is 7.99. The number of nitrogen functional groups attached to an aromatic ring is 2. The van der Waals surface area contributed by atoms with Gasteiger partial charge in [0.05, 0.1) is 32.5 Å². The lowest BCUT2D eigenvalue weighted by molar-refractivity contribution is -0.0261. The van der Waals surface area contributed by atoms with Crippen LogP contribution in [0.1, 0.15) is 27.1 Å². The molecule has 2 aliphatic heterocycles. The minimum atomic E-state index is -3.70. The number of carbonyl (C=O) groups is 2. The Kier molecular flexibility index (Phi) is 5.11. The van der Waals surface area contributed by atoms with Gasteiger partial charge in [0, 0.05) is 22.8 Å². The van der Waals surface area contributed by atoms with Gasteiger partial charge >= 0.3 is 5.92 Å². The van der Waals surface area contributed by atoms with Gasteiger partial charge in [0.1, 0.15) is 5.69 Å². The number of carbonyl (C=O) groups excluding carboxylic acids is 2. The fourth-order valence-electron chi connectivity index (χ4n) is 3.22. The van der Waals surface area contributed by atoms with Gasteiger partial charge in [-0.3, -0.25) is 20.4 Å². The van der Waals surface area contributed by atoms with Crippen molar-refractivity contribution in [1.29, 1.82) is 0 Å². The van der Waals surface area contributed by atoms with Crippen molar-refractivity contribution >= 4 is 69.3 Å². The van der Waals surface area contributed by atoms with E-state index >= 15 is 0 Å². The minimum absolute atomic E-state index is 0.0160. The Labute approximate surface area is 183 Å². The molecule has 12 heteroatoms. The number of thioether (sulfide) groups is 1. The van der Waals surface area contributed by atoms with Crippen LogP contribution in [-0.4, -0.2) is 29.8 Å². The average Bonchev–Trinajstić information content (AvgIpc) is 2.67. The third-order valence-corrected chi connectivity index (χ3v) is 6.40. The number of halogens is 4. The normalized spacial score (nSPS) is 17.1. The van der Waals surface area contributed by atoms with Gasteiger partial charge in [-0.15, -0.1) is 11.8 Å². The van der Waals surface area contributed by atoms with Crippen LogP contribution in [0.4, 0.5) is 31.5 Å². The van der Waals surface area contributed by atoms with E-state index in [1.54, 1.807) is 0 Å². The summed E-state index contributed by atoms with van der Waals surface area (Å²) in [5.41, 5.74) is 17.5. The SMILES string of the molecule is Nc1cc(Cl)c(NNc2cc(Cl)c(N)c3c2C(=O)CCS3)c2c1C(=O)C(F)(F)CO2. The largest absolute Gasteiger partial charge is 0.484 e. The number of fused-ring (bicyclic) bond motifs is 2. The Hall–Kier alpha value is -2.43. The van der Waals surface area contributed by atoms with Crippen molar-refractivity contribution < 1.29 is 23.1 Å². The van der Waals surface area contributed by atoms with E-state index in [-0.39, 0.29) is 33.0 Å². The van der Waals surface area contributed by atoms with Gasteiger partial charge in [-0.2, -0.15) is 8.78 Å². The highest BCUT2D eigenvalue weighted by Crippen LogP contribution is 2.46. The van der Waals surface area contributed by atoms with E-state index in [1.807, 2.05) is 0 Å². The van der Waals surface area contributed by atoms with Gasteiger partial charge in [-0.05, 0) is 12.1 Å². The molecule has 0 radical (unpaired) electrons. The van der Waals surface area contributed by atoms with E-state index in [1.165, 1.54) is 23.9 Å². The number of nitrogens with two attached hydrogens (primary N) is 2. The van der Waals surface area contributed by atoms with Crippen LogP contribution in [0.5, 0.6) is 5.75 Å². The molecule has 7 nitrogen and oxygen atoms in total. The Morgan fingerprint density at radius 1 is 1.10 bits per heavy atom. The molecule has 0 amide bonds. The molecule has 0 fully saturated rings. The zero-order valence-electron chi connectivity index (χ0n) is 15.1. The average molecular weight is 475 g/mol. The number of rotatable bonds is 3. The third kappa shape index (κ3) is 3.28. The number of nitrogens with one attached hydrogen (secondary N) is 2. The summed E-state index contributed by atoms with van der Waals surface area (Å²) in [6.07, 6.45) is 0.318. The number of Topliss-reactive ketones (excluding diaryl/α,β-unsaturated/α-hetero) is 2. The molecule has 2 aromatic rings. The topological polar surface area (TPSA) is 119 Å². The molecule has 158 valence electrons. The number of benzene rings is 2. The van der Waals surface area contributed by atoms with Gasteiger partial charge in [-0.25, -0.2) is 0 Å². The lowest BCUT2D eigenvalue weighted by Gasteiger charge is -2.28. The molecule has 0 aromatic heterocycles. The monoisotopic (exact) mass is 474 g/mol. The van der Waals surface area contributed by atoms with Crippen molar-refractivity contribution in [2.75, 3.05) is 34.7 Å². The molecule has 30 heavy (non-hydrogen) atoms. The van der Waals surface area contributed by atoms with Crippen molar-refractivity contribution in [1.82, 2.24) is 0 Å². The molecular weight excluding hydrogens is 461 g/mol. The molecule has 0 bridgehead atoms. The first-order valence-electron chi connectivity index (χ1n) is 8.59. The zero-order chi connectivity index (χ0) is 21.8. The highest BCUT2D eigenvalue weighted by atomic mass is 35.5. The second-order valence-electron chi connectivity index (χ2n) is 6.64. The van der Waals surface area contributed by atoms with Crippen LogP contribution in [0.3, 0.4) is 0 Å². The standard InChI is InChI=1S/C18H14Cl2F2N4O3S/c19-6-4-9(12-10(27)1-2-30-16(12)13(6)24)25-26-14-7(20)3-8(23)11-15(14)29-5-18(21,22)17(11)28/h3-4,25-26H,1-2,5,23-24H2. The quantitative estimate of drug-likeness (QED) is 0.379. The smallest absolute Gasteiger partial charge is 0.343 e. The van der Waals surface area contributed by atoms with E-state index in [9.17, 15) is 18.4 Å². The number of hydrogen-bond acceptors (Lipinski definition) is 8. The Morgan fingerprint density at radius 3 is 2.57 bits per heavy atom. The van der Waals surface area contributed by atoms with E-state index < -0.39 is 23.9 Å². The Morgan fingerprint density at radius 2 is 1.83 bits per heavy atom. The van der Waals surface area contributed by atoms with E-state index in [2.05, 4.69) is 10.9 Å². The summed E-state index contributed by atoms with van der Waals surface area (Å²) in [5, 5.41) is 0.254. The molecule has 0 unspecified atom stereocenters. The number of ether oxygens (including phenoxy) is 1. The summed E-state index contributed by atoms with van der Waals surface area (Å²) in [7, 11) is 0. The van der Waals surface area contributed by atoms with Crippen molar-refractivity contribution in [2.24, 2.45) is 0 Å². The van der Waals surface area contributed by atoms with Crippen LogP contribution >= 0.6 is 35.0 Å². The first-order valence-corrected chi connectivity index (χ1v) is 10.3. The predicted octanol–water partition coefficient (Wildman–Crippen LogP) is 4.49. The fourth-order valence-corrected chi connectivity index (χ4v) is 4.86. The molecule has 2 heterocycles. The van der Waals surface area contributed by atoms with E-state index in [0.29, 0.717) is 34.0 Å². The molecule has 0 aliphatic carbocycles. The van der Waals surface area contributed by atoms with Gasteiger partial charge in [0.25, 0.3) is 0 Å². The maximum Gasteiger partial charge on any atom is 0.343 e. The molecule has 2 aromatic carbocycles. The Bertz CT molecular complexity index is 1110. The lowest BCUT2D eigenvalue weighted by Crippen LogP contribution is -2.40. The van der Waals surface area contributed by atoms with Gasteiger partial charge in [-0.1, -0.05) is 23.2 Å². The molecular formula is C18H14Cl2F2N4O3S. The second kappa shape index (κ2) is 7.36. The molecule has 0 atom stereocenters. The van der Waals surface area contributed by atoms with Gasteiger partial charge in [0.15, 0.2) is 18.1 Å².